The predicted octanol–water partition coefficient (Wildman–Crippen LogP) is 6.72. The molecule has 3 rings (SSSR count). The highest BCUT2D eigenvalue weighted by Gasteiger charge is 2.23. The summed E-state index contributed by atoms with van der Waals surface area (Å²) in [4.78, 5) is 37.8. The molecular weight excluding hydrogens is 468 g/mol. The van der Waals surface area contributed by atoms with Crippen LogP contribution in [-0.4, -0.2) is 36.5 Å². The standard InChI is InChI=1S/C31H36O6/c1-8-9-20-13-22-14-26-23(11-10-21(12-19(4)32)27(26)30(35)36-7)28(33)24(22)15-25(20)29(34)37-17-31(5,6)16-18(2)3/h10-11,13-16,33H,8-9,12,17H2,1-7H3. The van der Waals surface area contributed by atoms with Gasteiger partial charge in [0.15, 0.2) is 0 Å². The smallest absolute Gasteiger partial charge is 0.338 e. The van der Waals surface area contributed by atoms with Crippen molar-refractivity contribution in [1.82, 2.24) is 0 Å². The summed E-state index contributed by atoms with van der Waals surface area (Å²) in [5, 5.41) is 13.4. The van der Waals surface area contributed by atoms with Crippen LogP contribution in [0.1, 0.15) is 79.8 Å². The minimum Gasteiger partial charge on any atom is -0.507 e. The molecule has 0 aliphatic carbocycles. The second-order valence-electron chi connectivity index (χ2n) is 10.6. The van der Waals surface area contributed by atoms with Crippen LogP contribution in [0.3, 0.4) is 0 Å². The molecule has 0 amide bonds. The second kappa shape index (κ2) is 11.2. The highest BCUT2D eigenvalue weighted by atomic mass is 16.5. The number of methoxy groups -OCH3 is 1. The van der Waals surface area contributed by atoms with E-state index in [9.17, 15) is 19.5 Å². The fourth-order valence-electron chi connectivity index (χ4n) is 4.89. The summed E-state index contributed by atoms with van der Waals surface area (Å²) in [7, 11) is 1.29. The van der Waals surface area contributed by atoms with E-state index >= 15 is 0 Å². The molecule has 196 valence electrons. The summed E-state index contributed by atoms with van der Waals surface area (Å²) < 4.78 is 10.7. The summed E-state index contributed by atoms with van der Waals surface area (Å²) in [5.41, 5.74) is 2.86. The van der Waals surface area contributed by atoms with E-state index in [1.165, 1.54) is 14.0 Å². The maximum atomic E-state index is 13.2. The molecule has 0 fully saturated rings. The van der Waals surface area contributed by atoms with Gasteiger partial charge in [0, 0.05) is 28.0 Å². The Kier molecular flexibility index (Phi) is 8.42. The molecule has 6 heteroatoms. The summed E-state index contributed by atoms with van der Waals surface area (Å²) in [6, 6.07) is 8.70. The first kappa shape index (κ1) is 27.9. The number of esters is 2. The van der Waals surface area contributed by atoms with Crippen LogP contribution in [0, 0.1) is 5.41 Å². The van der Waals surface area contributed by atoms with Crippen molar-refractivity contribution in [1.29, 1.82) is 0 Å². The largest absolute Gasteiger partial charge is 0.507 e. The van der Waals surface area contributed by atoms with Crippen molar-refractivity contribution in [3.63, 3.8) is 0 Å². The number of phenolic OH excluding ortho intramolecular Hbond substituents is 1. The molecule has 0 radical (unpaired) electrons. The molecule has 0 unspecified atom stereocenters. The van der Waals surface area contributed by atoms with Gasteiger partial charge >= 0.3 is 11.9 Å². The molecule has 0 aromatic heterocycles. The van der Waals surface area contributed by atoms with Gasteiger partial charge < -0.3 is 14.6 Å². The van der Waals surface area contributed by atoms with E-state index in [4.69, 9.17) is 9.47 Å². The van der Waals surface area contributed by atoms with Crippen LogP contribution in [-0.2, 0) is 27.1 Å². The molecule has 0 atom stereocenters. The maximum absolute atomic E-state index is 13.2. The molecule has 37 heavy (non-hydrogen) atoms. The Morgan fingerprint density at radius 3 is 2.24 bits per heavy atom. The first-order chi connectivity index (χ1) is 17.4. The van der Waals surface area contributed by atoms with Crippen LogP contribution in [0.5, 0.6) is 5.75 Å². The van der Waals surface area contributed by atoms with E-state index in [-0.39, 0.29) is 35.5 Å². The topological polar surface area (TPSA) is 89.9 Å². The van der Waals surface area contributed by atoms with E-state index in [2.05, 4.69) is 6.08 Å². The van der Waals surface area contributed by atoms with Crippen LogP contribution in [0.4, 0.5) is 0 Å². The second-order valence-corrected chi connectivity index (χ2v) is 10.6. The number of hydrogen-bond acceptors (Lipinski definition) is 6. The zero-order valence-corrected chi connectivity index (χ0v) is 22.8. The predicted molar refractivity (Wildman–Crippen MR) is 146 cm³/mol. The molecule has 0 aliphatic heterocycles. The van der Waals surface area contributed by atoms with Crippen molar-refractivity contribution in [3.05, 3.63) is 64.2 Å². The number of carbonyl (C=O) groups excluding carboxylic acids is 3. The number of allylic oxidation sites excluding steroid dienone is 1. The van der Waals surface area contributed by atoms with Crippen LogP contribution in [0.25, 0.3) is 21.5 Å². The third kappa shape index (κ3) is 6.19. The fraction of sp³-hybridized carbons (Fsp3) is 0.387. The molecule has 0 spiro atoms. The first-order valence-electron chi connectivity index (χ1n) is 12.5. The zero-order valence-electron chi connectivity index (χ0n) is 22.8. The molecule has 0 bridgehead atoms. The molecule has 0 heterocycles. The normalized spacial score (nSPS) is 11.4. The highest BCUT2D eigenvalue weighted by Crippen LogP contribution is 2.38. The third-order valence-electron chi connectivity index (χ3n) is 6.24. The van der Waals surface area contributed by atoms with Gasteiger partial charge in [-0.15, -0.1) is 0 Å². The number of phenols is 1. The fourth-order valence-corrected chi connectivity index (χ4v) is 4.89. The van der Waals surface area contributed by atoms with Gasteiger partial charge in [0.1, 0.15) is 18.1 Å². The van der Waals surface area contributed by atoms with Gasteiger partial charge in [0.05, 0.1) is 18.2 Å². The number of ketones is 1. The zero-order chi connectivity index (χ0) is 27.5. The molecule has 1 N–H and O–H groups in total. The van der Waals surface area contributed by atoms with Crippen molar-refractivity contribution in [2.45, 2.75) is 60.8 Å². The summed E-state index contributed by atoms with van der Waals surface area (Å²) in [6.07, 6.45) is 3.61. The Balaban J connectivity index is 2.20. The first-order valence-corrected chi connectivity index (χ1v) is 12.5. The molecule has 3 aromatic carbocycles. The molecule has 6 nitrogen and oxygen atoms in total. The number of benzene rings is 3. The van der Waals surface area contributed by atoms with Crippen LogP contribution in [0.2, 0.25) is 0 Å². The molecule has 0 saturated heterocycles. The minimum atomic E-state index is -0.575. The Morgan fingerprint density at radius 1 is 0.946 bits per heavy atom. The summed E-state index contributed by atoms with van der Waals surface area (Å²) in [6.45, 7) is 11.8. The lowest BCUT2D eigenvalue weighted by atomic mass is 9.90. The average molecular weight is 505 g/mol. The number of aromatic hydroxyl groups is 1. The summed E-state index contributed by atoms with van der Waals surface area (Å²) >= 11 is 0. The van der Waals surface area contributed by atoms with E-state index in [0.717, 1.165) is 17.6 Å². The Labute approximate surface area is 218 Å². The Hall–Kier alpha value is -3.67. The van der Waals surface area contributed by atoms with Gasteiger partial charge in [-0.1, -0.05) is 57.0 Å². The van der Waals surface area contributed by atoms with E-state index < -0.39 is 11.9 Å². The maximum Gasteiger partial charge on any atom is 0.338 e. The third-order valence-corrected chi connectivity index (χ3v) is 6.24. The number of Topliss-reactive ketones (excluding diaryl/α,β-unsaturated/α-hetero) is 1. The number of hydrogen-bond donors (Lipinski definition) is 1. The van der Waals surface area contributed by atoms with Crippen molar-refractivity contribution in [2.75, 3.05) is 13.7 Å². The minimum absolute atomic E-state index is 0.0472. The van der Waals surface area contributed by atoms with Gasteiger partial charge in [0.25, 0.3) is 0 Å². The number of ether oxygens (including phenoxy) is 2. The van der Waals surface area contributed by atoms with Crippen LogP contribution >= 0.6 is 0 Å². The van der Waals surface area contributed by atoms with Crippen LogP contribution < -0.4 is 0 Å². The summed E-state index contributed by atoms with van der Waals surface area (Å²) in [5.74, 6) is -1.15. The van der Waals surface area contributed by atoms with Crippen LogP contribution in [0.15, 0.2) is 42.0 Å². The number of carbonyl (C=O) groups is 3. The van der Waals surface area contributed by atoms with E-state index in [0.29, 0.717) is 39.1 Å². The Morgan fingerprint density at radius 2 is 1.65 bits per heavy atom. The quantitative estimate of drug-likeness (QED) is 0.198. The van der Waals surface area contributed by atoms with Gasteiger partial charge in [-0.05, 0) is 55.8 Å². The number of aryl methyl sites for hydroxylation is 1. The molecule has 0 saturated carbocycles. The highest BCUT2D eigenvalue weighted by molar-refractivity contribution is 6.14. The lowest BCUT2D eigenvalue weighted by Crippen LogP contribution is -2.21. The molecule has 3 aromatic rings. The van der Waals surface area contributed by atoms with Gasteiger partial charge in [-0.25, -0.2) is 9.59 Å². The monoisotopic (exact) mass is 504 g/mol. The van der Waals surface area contributed by atoms with Crippen molar-refractivity contribution >= 4 is 39.3 Å². The molecular formula is C31H36O6. The average Bonchev–Trinajstić information content (AvgIpc) is 2.81. The van der Waals surface area contributed by atoms with E-state index in [1.807, 2.05) is 46.8 Å². The lowest BCUT2D eigenvalue weighted by Gasteiger charge is -2.21. The number of fused-ring (bicyclic) bond motifs is 2. The van der Waals surface area contributed by atoms with Crippen molar-refractivity contribution in [2.24, 2.45) is 5.41 Å². The van der Waals surface area contributed by atoms with Gasteiger partial charge in [0.2, 0.25) is 0 Å². The SMILES string of the molecule is CCCc1cc2cc3c(C(=O)OC)c(CC(C)=O)ccc3c(O)c2cc1C(=O)OCC(C)(C)C=C(C)C. The lowest BCUT2D eigenvalue weighted by molar-refractivity contribution is -0.116. The Bertz CT molecular complexity index is 1410. The van der Waals surface area contributed by atoms with Gasteiger partial charge in [-0.2, -0.15) is 0 Å². The molecule has 0 aliphatic rings. The van der Waals surface area contributed by atoms with Crippen molar-refractivity contribution in [3.8, 4) is 5.75 Å². The van der Waals surface area contributed by atoms with Gasteiger partial charge in [-0.3, -0.25) is 4.79 Å². The van der Waals surface area contributed by atoms with E-state index in [1.54, 1.807) is 18.2 Å². The number of rotatable bonds is 9. The van der Waals surface area contributed by atoms with Crippen molar-refractivity contribution < 1.29 is 29.0 Å².